The van der Waals surface area contributed by atoms with Crippen molar-refractivity contribution in [1.29, 1.82) is 0 Å². The first-order valence-electron chi connectivity index (χ1n) is 8.76. The van der Waals surface area contributed by atoms with Crippen LogP contribution in [0.15, 0.2) is 42.7 Å². The van der Waals surface area contributed by atoms with Gasteiger partial charge in [-0.3, -0.25) is 0 Å². The number of benzene rings is 1. The Kier molecular flexibility index (Phi) is 5.18. The van der Waals surface area contributed by atoms with Gasteiger partial charge in [-0.15, -0.1) is 0 Å². The Morgan fingerprint density at radius 2 is 1.96 bits per heavy atom. The number of piperidine rings is 1. The van der Waals surface area contributed by atoms with Gasteiger partial charge in [0.1, 0.15) is 0 Å². The van der Waals surface area contributed by atoms with Gasteiger partial charge in [-0.1, -0.05) is 32.0 Å². The average molecular weight is 326 g/mol. The number of nitrogens with zero attached hydrogens (tertiary/aromatic N) is 3. The van der Waals surface area contributed by atoms with E-state index in [1.54, 1.807) is 0 Å². The number of amides is 2. The molecule has 5 heteroatoms. The lowest BCUT2D eigenvalue weighted by molar-refractivity contribution is 0.180. The number of carbonyl (C=O) groups excluding carboxylic acids is 1. The van der Waals surface area contributed by atoms with Gasteiger partial charge in [-0.2, -0.15) is 5.10 Å². The highest BCUT2D eigenvalue weighted by Crippen LogP contribution is 2.28. The first kappa shape index (κ1) is 16.6. The molecular formula is C19H26N4O. The molecule has 2 aromatic rings. The van der Waals surface area contributed by atoms with Crippen molar-refractivity contribution < 1.29 is 4.79 Å². The number of hydrogen-bond donors (Lipinski definition) is 1. The maximum Gasteiger partial charge on any atom is 0.317 e. The summed E-state index contributed by atoms with van der Waals surface area (Å²) in [6.07, 6.45) is 6.08. The number of nitrogens with one attached hydrogen (secondary N) is 1. The molecule has 1 aromatic heterocycles. The first-order chi connectivity index (χ1) is 11.6. The van der Waals surface area contributed by atoms with Crippen LogP contribution in [-0.2, 0) is 0 Å². The van der Waals surface area contributed by atoms with E-state index in [1.807, 2.05) is 34.0 Å². The lowest BCUT2D eigenvalue weighted by atomic mass is 9.92. The van der Waals surface area contributed by atoms with Crippen molar-refractivity contribution in [2.45, 2.75) is 32.6 Å². The molecule has 0 unspecified atom stereocenters. The fraction of sp³-hybridized carbons (Fsp3) is 0.474. The van der Waals surface area contributed by atoms with Gasteiger partial charge >= 0.3 is 6.03 Å². The molecule has 0 spiro atoms. The summed E-state index contributed by atoms with van der Waals surface area (Å²) in [7, 11) is 0. The third kappa shape index (κ3) is 3.96. The maximum atomic E-state index is 12.1. The highest BCUT2D eigenvalue weighted by Gasteiger charge is 2.24. The lowest BCUT2D eigenvalue weighted by Crippen LogP contribution is -2.45. The molecule has 0 aliphatic carbocycles. The second kappa shape index (κ2) is 7.51. The molecule has 0 saturated carbocycles. The quantitative estimate of drug-likeness (QED) is 0.936. The molecule has 1 aliphatic rings. The topological polar surface area (TPSA) is 50.2 Å². The number of para-hydroxylation sites is 1. The number of likely N-dealkylation sites (tertiary alicyclic amines) is 1. The summed E-state index contributed by atoms with van der Waals surface area (Å²) in [6.45, 7) is 6.58. The second-order valence-corrected chi connectivity index (χ2v) is 6.90. The molecule has 0 radical (unpaired) electrons. The van der Waals surface area contributed by atoms with E-state index in [0.29, 0.717) is 11.8 Å². The normalized spacial score (nSPS) is 15.7. The smallest absolute Gasteiger partial charge is 0.317 e. The number of rotatable bonds is 4. The zero-order valence-corrected chi connectivity index (χ0v) is 14.5. The summed E-state index contributed by atoms with van der Waals surface area (Å²) in [5.41, 5.74) is 2.34. The number of aromatic nitrogens is 2. The van der Waals surface area contributed by atoms with Gasteiger partial charge in [0.05, 0.1) is 11.9 Å². The molecule has 2 heterocycles. The standard InChI is InChI=1S/C19H26N4O/c1-15(2)12-20-19(24)22-10-8-16(9-11-22)17-13-21-23(14-17)18-6-4-3-5-7-18/h3-7,13-16H,8-12H2,1-2H3,(H,20,24). The summed E-state index contributed by atoms with van der Waals surface area (Å²) >= 11 is 0. The minimum atomic E-state index is 0.0714. The van der Waals surface area contributed by atoms with Gasteiger partial charge in [-0.05, 0) is 42.4 Å². The second-order valence-electron chi connectivity index (χ2n) is 6.90. The van der Waals surface area contributed by atoms with E-state index < -0.39 is 0 Å². The number of urea groups is 1. The lowest BCUT2D eigenvalue weighted by Gasteiger charge is -2.31. The fourth-order valence-corrected chi connectivity index (χ4v) is 3.09. The van der Waals surface area contributed by atoms with Crippen LogP contribution in [0.4, 0.5) is 4.79 Å². The molecule has 2 amide bonds. The molecule has 1 saturated heterocycles. The predicted octanol–water partition coefficient (Wildman–Crippen LogP) is 3.42. The molecule has 1 aromatic carbocycles. The summed E-state index contributed by atoms with van der Waals surface area (Å²) in [5.74, 6) is 0.965. The zero-order chi connectivity index (χ0) is 16.9. The molecule has 0 atom stereocenters. The highest BCUT2D eigenvalue weighted by atomic mass is 16.2. The van der Waals surface area contributed by atoms with Crippen LogP contribution in [0.25, 0.3) is 5.69 Å². The molecule has 3 rings (SSSR count). The molecule has 1 fully saturated rings. The van der Waals surface area contributed by atoms with Gasteiger partial charge in [0.15, 0.2) is 0 Å². The van der Waals surface area contributed by atoms with Crippen molar-refractivity contribution in [2.24, 2.45) is 5.92 Å². The van der Waals surface area contributed by atoms with Gasteiger partial charge in [0.25, 0.3) is 0 Å². The minimum absolute atomic E-state index is 0.0714. The van der Waals surface area contributed by atoms with Crippen molar-refractivity contribution in [3.63, 3.8) is 0 Å². The summed E-state index contributed by atoms with van der Waals surface area (Å²) in [5, 5.41) is 7.49. The van der Waals surface area contributed by atoms with Crippen LogP contribution in [0.1, 0.15) is 38.2 Å². The van der Waals surface area contributed by atoms with E-state index in [2.05, 4.69) is 42.6 Å². The Hall–Kier alpha value is -2.30. The summed E-state index contributed by atoms with van der Waals surface area (Å²) in [6, 6.07) is 10.2. The molecule has 1 aliphatic heterocycles. The van der Waals surface area contributed by atoms with Gasteiger partial charge in [0.2, 0.25) is 0 Å². The van der Waals surface area contributed by atoms with Crippen molar-refractivity contribution in [1.82, 2.24) is 20.0 Å². The number of hydrogen-bond acceptors (Lipinski definition) is 2. The van der Waals surface area contributed by atoms with Crippen LogP contribution in [0.3, 0.4) is 0 Å². The average Bonchev–Trinajstić information content (AvgIpc) is 3.10. The van der Waals surface area contributed by atoms with Crippen LogP contribution >= 0.6 is 0 Å². The van der Waals surface area contributed by atoms with E-state index in [0.717, 1.165) is 38.2 Å². The molecule has 128 valence electrons. The largest absolute Gasteiger partial charge is 0.338 e. The van der Waals surface area contributed by atoms with Crippen LogP contribution < -0.4 is 5.32 Å². The highest BCUT2D eigenvalue weighted by molar-refractivity contribution is 5.74. The van der Waals surface area contributed by atoms with Crippen LogP contribution in [0, 0.1) is 5.92 Å². The summed E-state index contributed by atoms with van der Waals surface area (Å²) in [4.78, 5) is 14.1. The van der Waals surface area contributed by atoms with Gasteiger partial charge in [0, 0.05) is 25.8 Å². The van der Waals surface area contributed by atoms with E-state index in [9.17, 15) is 4.79 Å². The van der Waals surface area contributed by atoms with Crippen molar-refractivity contribution in [3.8, 4) is 5.69 Å². The van der Waals surface area contributed by atoms with Crippen molar-refractivity contribution >= 4 is 6.03 Å². The van der Waals surface area contributed by atoms with Crippen molar-refractivity contribution in [3.05, 3.63) is 48.3 Å². The van der Waals surface area contributed by atoms with E-state index in [1.165, 1.54) is 5.56 Å². The van der Waals surface area contributed by atoms with Crippen molar-refractivity contribution in [2.75, 3.05) is 19.6 Å². The Morgan fingerprint density at radius 3 is 2.62 bits per heavy atom. The third-order valence-electron chi connectivity index (χ3n) is 4.54. The third-order valence-corrected chi connectivity index (χ3v) is 4.54. The Morgan fingerprint density at radius 1 is 1.25 bits per heavy atom. The van der Waals surface area contributed by atoms with Crippen LogP contribution in [0.5, 0.6) is 0 Å². The minimum Gasteiger partial charge on any atom is -0.338 e. The van der Waals surface area contributed by atoms with Gasteiger partial charge < -0.3 is 10.2 Å². The SMILES string of the molecule is CC(C)CNC(=O)N1CCC(c2cnn(-c3ccccc3)c2)CC1. The van der Waals surface area contributed by atoms with Gasteiger partial charge in [-0.25, -0.2) is 9.48 Å². The summed E-state index contributed by atoms with van der Waals surface area (Å²) < 4.78 is 1.93. The molecule has 5 nitrogen and oxygen atoms in total. The molecule has 0 bridgehead atoms. The monoisotopic (exact) mass is 326 g/mol. The molecular weight excluding hydrogens is 300 g/mol. The van der Waals surface area contributed by atoms with E-state index in [4.69, 9.17) is 0 Å². The predicted molar refractivity (Wildman–Crippen MR) is 95.3 cm³/mol. The number of carbonyl (C=O) groups is 1. The zero-order valence-electron chi connectivity index (χ0n) is 14.5. The Labute approximate surface area is 143 Å². The molecule has 1 N–H and O–H groups in total. The Balaban J connectivity index is 1.55. The van der Waals surface area contributed by atoms with Crippen LogP contribution in [0.2, 0.25) is 0 Å². The maximum absolute atomic E-state index is 12.1. The molecule has 24 heavy (non-hydrogen) atoms. The Bertz CT molecular complexity index is 657. The van der Waals surface area contributed by atoms with E-state index in [-0.39, 0.29) is 6.03 Å². The first-order valence-corrected chi connectivity index (χ1v) is 8.76. The van der Waals surface area contributed by atoms with Crippen LogP contribution in [-0.4, -0.2) is 40.3 Å². The van der Waals surface area contributed by atoms with E-state index >= 15 is 0 Å². The fourth-order valence-electron chi connectivity index (χ4n) is 3.09.